The molecule has 2 aromatic heterocycles. The van der Waals surface area contributed by atoms with Crippen molar-refractivity contribution in [2.75, 3.05) is 11.5 Å². The SMILES string of the molecule is Nc1nccc2ccc(CCCCCCCc3ccc4ccnc(N)c4c3)cc12. The number of nitrogen functional groups attached to an aromatic ring is 2. The van der Waals surface area contributed by atoms with Crippen molar-refractivity contribution in [2.24, 2.45) is 0 Å². The molecule has 0 atom stereocenters. The van der Waals surface area contributed by atoms with Crippen LogP contribution in [0, 0.1) is 0 Å². The quantitative estimate of drug-likeness (QED) is 0.383. The number of pyridine rings is 2. The Morgan fingerprint density at radius 2 is 1.00 bits per heavy atom. The maximum absolute atomic E-state index is 6.00. The Hall–Kier alpha value is -3.14. The molecule has 0 saturated heterocycles. The molecule has 0 radical (unpaired) electrons. The van der Waals surface area contributed by atoms with E-state index in [9.17, 15) is 0 Å². The van der Waals surface area contributed by atoms with Crippen molar-refractivity contribution < 1.29 is 0 Å². The minimum atomic E-state index is 0.621. The maximum atomic E-state index is 6.00. The lowest BCUT2D eigenvalue weighted by atomic mass is 10.0. The first-order valence-electron chi connectivity index (χ1n) is 10.5. The molecule has 0 aliphatic heterocycles. The number of fused-ring (bicyclic) bond motifs is 2. The number of nitrogens with zero attached hydrogens (tertiary/aromatic N) is 2. The van der Waals surface area contributed by atoms with Gasteiger partial charge in [0.15, 0.2) is 0 Å². The second-order valence-corrected chi connectivity index (χ2v) is 7.77. The minimum absolute atomic E-state index is 0.621. The molecule has 2 heterocycles. The molecule has 2 aromatic carbocycles. The molecule has 0 amide bonds. The van der Waals surface area contributed by atoms with E-state index in [-0.39, 0.29) is 0 Å². The zero-order chi connectivity index (χ0) is 20.1. The molecule has 148 valence electrons. The highest BCUT2D eigenvalue weighted by Crippen LogP contribution is 2.23. The van der Waals surface area contributed by atoms with E-state index in [4.69, 9.17) is 11.5 Å². The highest BCUT2D eigenvalue weighted by molar-refractivity contribution is 5.91. The van der Waals surface area contributed by atoms with Gasteiger partial charge >= 0.3 is 0 Å². The topological polar surface area (TPSA) is 77.8 Å². The van der Waals surface area contributed by atoms with Crippen LogP contribution in [-0.4, -0.2) is 9.97 Å². The molecular formula is C25H28N4. The third kappa shape index (κ3) is 4.65. The van der Waals surface area contributed by atoms with E-state index in [1.165, 1.54) is 43.2 Å². The van der Waals surface area contributed by atoms with Gasteiger partial charge in [0.2, 0.25) is 0 Å². The second-order valence-electron chi connectivity index (χ2n) is 7.77. The number of rotatable bonds is 8. The second kappa shape index (κ2) is 8.91. The molecule has 0 unspecified atom stereocenters. The highest BCUT2D eigenvalue weighted by atomic mass is 14.8. The Kier molecular flexibility index (Phi) is 5.89. The van der Waals surface area contributed by atoms with Crippen LogP contribution in [0.15, 0.2) is 60.9 Å². The number of hydrogen-bond acceptors (Lipinski definition) is 4. The largest absolute Gasteiger partial charge is 0.383 e. The van der Waals surface area contributed by atoms with Gasteiger partial charge < -0.3 is 11.5 Å². The van der Waals surface area contributed by atoms with Crippen LogP contribution in [-0.2, 0) is 12.8 Å². The minimum Gasteiger partial charge on any atom is -0.383 e. The lowest BCUT2D eigenvalue weighted by Gasteiger charge is -2.07. The molecule has 4 N–H and O–H groups in total. The van der Waals surface area contributed by atoms with E-state index in [0.717, 1.165) is 34.4 Å². The van der Waals surface area contributed by atoms with Gasteiger partial charge in [0.1, 0.15) is 11.6 Å². The van der Waals surface area contributed by atoms with Gasteiger partial charge in [-0.3, -0.25) is 0 Å². The lowest BCUT2D eigenvalue weighted by molar-refractivity contribution is 0.614. The zero-order valence-corrected chi connectivity index (χ0v) is 16.8. The van der Waals surface area contributed by atoms with Crippen LogP contribution in [0.1, 0.15) is 43.2 Å². The van der Waals surface area contributed by atoms with Crippen LogP contribution >= 0.6 is 0 Å². The van der Waals surface area contributed by atoms with Crippen molar-refractivity contribution in [2.45, 2.75) is 44.9 Å². The number of aromatic nitrogens is 2. The van der Waals surface area contributed by atoms with Crippen LogP contribution in [0.3, 0.4) is 0 Å². The number of anilines is 2. The summed E-state index contributed by atoms with van der Waals surface area (Å²) >= 11 is 0. The number of aryl methyl sites for hydroxylation is 2. The van der Waals surface area contributed by atoms with Crippen LogP contribution in [0.4, 0.5) is 11.6 Å². The summed E-state index contributed by atoms with van der Waals surface area (Å²) in [7, 11) is 0. The van der Waals surface area contributed by atoms with Gasteiger partial charge in [-0.05, 0) is 71.8 Å². The van der Waals surface area contributed by atoms with E-state index in [2.05, 4.69) is 46.4 Å². The van der Waals surface area contributed by atoms with Gasteiger partial charge in [0.05, 0.1) is 0 Å². The normalized spacial score (nSPS) is 11.3. The Bertz CT molecular complexity index is 1030. The number of nitrogens with two attached hydrogens (primary N) is 2. The van der Waals surface area contributed by atoms with Crippen LogP contribution in [0.2, 0.25) is 0 Å². The first-order valence-corrected chi connectivity index (χ1v) is 10.5. The van der Waals surface area contributed by atoms with Gasteiger partial charge in [-0.15, -0.1) is 0 Å². The summed E-state index contributed by atoms with van der Waals surface area (Å²) in [5.74, 6) is 1.24. The average Bonchev–Trinajstić information content (AvgIpc) is 2.74. The summed E-state index contributed by atoms with van der Waals surface area (Å²) in [6, 6.07) is 17.1. The standard InChI is InChI=1S/C25H28N4/c26-24-22-16-18(8-10-20(22)12-14-28-24)6-4-2-1-3-5-7-19-9-11-21-13-15-29-25(27)23(21)17-19/h8-17H,1-7H2,(H2,26,28)(H2,27,29). The number of unbranched alkanes of at least 4 members (excludes halogenated alkanes) is 4. The summed E-state index contributed by atoms with van der Waals surface area (Å²) < 4.78 is 0. The molecule has 4 aromatic rings. The predicted octanol–water partition coefficient (Wildman–Crippen LogP) is 5.68. The van der Waals surface area contributed by atoms with Gasteiger partial charge in [0, 0.05) is 23.2 Å². The van der Waals surface area contributed by atoms with Gasteiger partial charge in [-0.2, -0.15) is 0 Å². The summed E-state index contributed by atoms with van der Waals surface area (Å²) in [5, 5.41) is 4.45. The van der Waals surface area contributed by atoms with Crippen molar-refractivity contribution in [1.29, 1.82) is 0 Å². The highest BCUT2D eigenvalue weighted by Gasteiger charge is 2.03. The Morgan fingerprint density at radius 3 is 1.48 bits per heavy atom. The van der Waals surface area contributed by atoms with E-state index in [0.29, 0.717) is 11.6 Å². The van der Waals surface area contributed by atoms with Crippen molar-refractivity contribution in [3.05, 3.63) is 72.1 Å². The van der Waals surface area contributed by atoms with E-state index in [1.54, 1.807) is 12.4 Å². The van der Waals surface area contributed by atoms with Gasteiger partial charge in [-0.1, -0.05) is 43.5 Å². The Balaban J connectivity index is 1.20. The first kappa shape index (κ1) is 19.2. The average molecular weight is 385 g/mol. The number of hydrogen-bond donors (Lipinski definition) is 2. The molecule has 0 aliphatic carbocycles. The lowest BCUT2D eigenvalue weighted by Crippen LogP contribution is -1.93. The number of benzene rings is 2. The molecular weight excluding hydrogens is 356 g/mol. The summed E-state index contributed by atoms with van der Waals surface area (Å²) in [5.41, 5.74) is 14.7. The van der Waals surface area contributed by atoms with E-state index < -0.39 is 0 Å². The van der Waals surface area contributed by atoms with Gasteiger partial charge in [-0.25, -0.2) is 9.97 Å². The van der Waals surface area contributed by atoms with Crippen LogP contribution < -0.4 is 11.5 Å². The molecule has 0 aliphatic rings. The summed E-state index contributed by atoms with van der Waals surface area (Å²) in [4.78, 5) is 8.38. The maximum Gasteiger partial charge on any atom is 0.131 e. The van der Waals surface area contributed by atoms with E-state index in [1.807, 2.05) is 12.1 Å². The summed E-state index contributed by atoms with van der Waals surface area (Å²) in [6.45, 7) is 0. The van der Waals surface area contributed by atoms with Crippen molar-refractivity contribution >= 4 is 33.2 Å². The third-order valence-corrected chi connectivity index (χ3v) is 5.65. The molecule has 0 saturated carbocycles. The van der Waals surface area contributed by atoms with Crippen LogP contribution in [0.5, 0.6) is 0 Å². The summed E-state index contributed by atoms with van der Waals surface area (Å²) in [6.07, 6.45) is 11.9. The molecule has 29 heavy (non-hydrogen) atoms. The Morgan fingerprint density at radius 1 is 0.552 bits per heavy atom. The fourth-order valence-corrected chi connectivity index (χ4v) is 3.98. The van der Waals surface area contributed by atoms with Crippen molar-refractivity contribution in [3.8, 4) is 0 Å². The first-order chi connectivity index (χ1) is 14.2. The fourth-order valence-electron chi connectivity index (χ4n) is 3.98. The monoisotopic (exact) mass is 384 g/mol. The Labute approximate surface area is 172 Å². The molecule has 4 rings (SSSR count). The molecule has 4 nitrogen and oxygen atoms in total. The smallest absolute Gasteiger partial charge is 0.131 e. The molecule has 0 bridgehead atoms. The third-order valence-electron chi connectivity index (χ3n) is 5.65. The van der Waals surface area contributed by atoms with E-state index >= 15 is 0 Å². The molecule has 4 heteroatoms. The zero-order valence-electron chi connectivity index (χ0n) is 16.8. The van der Waals surface area contributed by atoms with Crippen molar-refractivity contribution in [3.63, 3.8) is 0 Å². The van der Waals surface area contributed by atoms with Crippen LogP contribution in [0.25, 0.3) is 21.5 Å². The van der Waals surface area contributed by atoms with Gasteiger partial charge in [0.25, 0.3) is 0 Å². The predicted molar refractivity (Wildman–Crippen MR) is 123 cm³/mol. The molecule has 0 fully saturated rings. The molecule has 0 spiro atoms. The van der Waals surface area contributed by atoms with Crippen molar-refractivity contribution in [1.82, 2.24) is 9.97 Å². The fraction of sp³-hybridized carbons (Fsp3) is 0.280.